The number of nitrogens with one attached hydrogen (secondary N) is 2. The lowest BCUT2D eigenvalue weighted by Gasteiger charge is -2.26. The number of hydrogen-bond donors (Lipinski definition) is 2. The van der Waals surface area contributed by atoms with Gasteiger partial charge >= 0.3 is 0 Å². The van der Waals surface area contributed by atoms with Gasteiger partial charge in [-0.3, -0.25) is 14.7 Å². The van der Waals surface area contributed by atoms with Crippen LogP contribution in [0.4, 0.5) is 0 Å². The second kappa shape index (κ2) is 9.81. The molecule has 0 saturated carbocycles. The van der Waals surface area contributed by atoms with E-state index in [-0.39, 0.29) is 5.56 Å². The Labute approximate surface area is 190 Å². The van der Waals surface area contributed by atoms with Gasteiger partial charge in [-0.25, -0.2) is 4.98 Å². The van der Waals surface area contributed by atoms with Crippen molar-refractivity contribution >= 4 is 23.2 Å². The molecule has 1 aliphatic rings. The monoisotopic (exact) mass is 443 g/mol. The summed E-state index contributed by atoms with van der Waals surface area (Å²) in [7, 11) is 0. The van der Waals surface area contributed by atoms with Crippen molar-refractivity contribution in [2.24, 2.45) is 0 Å². The molecule has 4 heterocycles. The minimum atomic E-state index is -0.162. The fourth-order valence-corrected chi connectivity index (χ4v) is 3.79. The zero-order valence-electron chi connectivity index (χ0n) is 18.2. The molecule has 4 aromatic rings. The molecule has 5 rings (SSSR count). The molecule has 0 atom stereocenters. The van der Waals surface area contributed by atoms with Gasteiger partial charge in [-0.2, -0.15) is 0 Å². The first-order chi connectivity index (χ1) is 16.2. The van der Waals surface area contributed by atoms with Gasteiger partial charge in [0.25, 0.3) is 5.56 Å². The van der Waals surface area contributed by atoms with Crippen molar-refractivity contribution in [3.8, 4) is 17.0 Å². The van der Waals surface area contributed by atoms with Crippen LogP contribution in [0.3, 0.4) is 0 Å². The first-order valence-electron chi connectivity index (χ1n) is 11.0. The molecule has 2 N–H and O–H groups in total. The standard InChI is InChI=1S/C25H25N5O3/c31-25-22-16-23(29-24(22)27-17-28-25)19-7-8-26-20(15-19)4-1-18-2-5-21(6-3-18)33-14-11-30-9-12-32-13-10-30/h1-8,15-17H,9-14H2,(H2,27,28,29,31)/b4-1+. The zero-order chi connectivity index (χ0) is 22.5. The van der Waals surface area contributed by atoms with Crippen LogP contribution in [0.2, 0.25) is 0 Å². The number of H-pyrrole nitrogens is 2. The van der Waals surface area contributed by atoms with Crippen molar-refractivity contribution in [3.63, 3.8) is 0 Å². The van der Waals surface area contributed by atoms with Crippen LogP contribution in [0.25, 0.3) is 34.4 Å². The number of aromatic amines is 2. The number of nitrogens with zero attached hydrogens (tertiary/aromatic N) is 3. The highest BCUT2D eigenvalue weighted by Gasteiger charge is 2.10. The molecule has 1 fully saturated rings. The molecule has 168 valence electrons. The normalized spacial score (nSPS) is 14.8. The maximum absolute atomic E-state index is 11.9. The van der Waals surface area contributed by atoms with Crippen LogP contribution in [-0.2, 0) is 4.74 Å². The van der Waals surface area contributed by atoms with Gasteiger partial charge in [0, 0.05) is 37.1 Å². The topological polar surface area (TPSA) is 96.1 Å². The summed E-state index contributed by atoms with van der Waals surface area (Å²) in [5.41, 5.74) is 4.04. The van der Waals surface area contributed by atoms with E-state index in [1.807, 2.05) is 54.6 Å². The predicted octanol–water partition coefficient (Wildman–Crippen LogP) is 3.19. The van der Waals surface area contributed by atoms with E-state index in [1.165, 1.54) is 6.33 Å². The van der Waals surface area contributed by atoms with Gasteiger partial charge in [0.1, 0.15) is 18.0 Å². The second-order valence-corrected chi connectivity index (χ2v) is 7.85. The minimum Gasteiger partial charge on any atom is -0.492 e. The van der Waals surface area contributed by atoms with Gasteiger partial charge in [-0.15, -0.1) is 0 Å². The van der Waals surface area contributed by atoms with Gasteiger partial charge in [0.15, 0.2) is 0 Å². The molecule has 0 spiro atoms. The van der Waals surface area contributed by atoms with Crippen LogP contribution < -0.4 is 10.3 Å². The molecule has 3 aromatic heterocycles. The van der Waals surface area contributed by atoms with E-state index in [9.17, 15) is 4.79 Å². The van der Waals surface area contributed by atoms with E-state index < -0.39 is 0 Å². The van der Waals surface area contributed by atoms with Gasteiger partial charge in [-0.05, 0) is 42.0 Å². The first-order valence-corrected chi connectivity index (χ1v) is 11.0. The number of hydrogen-bond acceptors (Lipinski definition) is 6. The number of ether oxygens (including phenoxy) is 2. The van der Waals surface area contributed by atoms with Gasteiger partial charge in [0.2, 0.25) is 0 Å². The zero-order valence-corrected chi connectivity index (χ0v) is 18.2. The fourth-order valence-electron chi connectivity index (χ4n) is 3.79. The minimum absolute atomic E-state index is 0.162. The molecular formula is C25H25N5O3. The summed E-state index contributed by atoms with van der Waals surface area (Å²) < 4.78 is 11.2. The van der Waals surface area contributed by atoms with Crippen LogP contribution in [0, 0.1) is 0 Å². The van der Waals surface area contributed by atoms with E-state index in [2.05, 4.69) is 24.8 Å². The van der Waals surface area contributed by atoms with Gasteiger partial charge < -0.3 is 19.4 Å². The number of fused-ring (bicyclic) bond motifs is 1. The Bertz CT molecular complexity index is 1300. The molecule has 1 aliphatic heterocycles. The van der Waals surface area contributed by atoms with Crippen LogP contribution in [0.1, 0.15) is 11.3 Å². The van der Waals surface area contributed by atoms with Crippen LogP contribution in [0.5, 0.6) is 5.75 Å². The molecule has 0 amide bonds. The Kier molecular flexibility index (Phi) is 6.27. The number of morpholine rings is 1. The largest absolute Gasteiger partial charge is 0.492 e. The van der Waals surface area contributed by atoms with Crippen molar-refractivity contribution in [1.29, 1.82) is 0 Å². The summed E-state index contributed by atoms with van der Waals surface area (Å²) in [4.78, 5) is 28.7. The molecule has 0 bridgehead atoms. The van der Waals surface area contributed by atoms with Crippen LogP contribution in [-0.4, -0.2) is 64.3 Å². The predicted molar refractivity (Wildman–Crippen MR) is 128 cm³/mol. The highest BCUT2D eigenvalue weighted by Crippen LogP contribution is 2.22. The molecule has 33 heavy (non-hydrogen) atoms. The Hall–Kier alpha value is -3.75. The summed E-state index contributed by atoms with van der Waals surface area (Å²) in [5, 5.41) is 0.536. The van der Waals surface area contributed by atoms with Crippen LogP contribution in [0.15, 0.2) is 59.8 Å². The maximum atomic E-state index is 11.9. The lowest BCUT2D eigenvalue weighted by atomic mass is 10.1. The lowest BCUT2D eigenvalue weighted by Crippen LogP contribution is -2.38. The molecule has 1 saturated heterocycles. The number of aromatic nitrogens is 4. The molecule has 0 aliphatic carbocycles. The molecule has 1 aromatic carbocycles. The second-order valence-electron chi connectivity index (χ2n) is 7.85. The smallest absolute Gasteiger partial charge is 0.260 e. The van der Waals surface area contributed by atoms with Crippen molar-refractivity contribution in [2.75, 3.05) is 39.5 Å². The molecular weight excluding hydrogens is 418 g/mol. The summed E-state index contributed by atoms with van der Waals surface area (Å²) in [6.07, 6.45) is 7.13. The van der Waals surface area contributed by atoms with Crippen molar-refractivity contribution in [3.05, 3.63) is 76.6 Å². The number of pyridine rings is 1. The van der Waals surface area contributed by atoms with Gasteiger partial charge in [0.05, 0.1) is 30.6 Å². The third kappa shape index (κ3) is 5.19. The third-order valence-electron chi connectivity index (χ3n) is 5.63. The summed E-state index contributed by atoms with van der Waals surface area (Å²) in [5.74, 6) is 0.864. The SMILES string of the molecule is O=c1[nH]cnc2[nH]c(-c3ccnc(/C=C/c4ccc(OCCN5CCOCC5)cc4)c3)cc12. The van der Waals surface area contributed by atoms with Gasteiger partial charge in [-0.1, -0.05) is 18.2 Å². The Morgan fingerprint density at radius 2 is 1.91 bits per heavy atom. The fraction of sp³-hybridized carbons (Fsp3) is 0.240. The summed E-state index contributed by atoms with van der Waals surface area (Å²) in [6.45, 7) is 5.12. The average Bonchev–Trinajstić information content (AvgIpc) is 3.30. The highest BCUT2D eigenvalue weighted by molar-refractivity contribution is 5.82. The van der Waals surface area contributed by atoms with E-state index in [4.69, 9.17) is 9.47 Å². The van der Waals surface area contributed by atoms with Crippen molar-refractivity contribution in [2.45, 2.75) is 0 Å². The Morgan fingerprint density at radius 3 is 2.73 bits per heavy atom. The molecule has 8 heteroatoms. The summed E-state index contributed by atoms with van der Waals surface area (Å²) in [6, 6.07) is 13.7. The first kappa shape index (κ1) is 21.1. The maximum Gasteiger partial charge on any atom is 0.260 e. The molecule has 0 radical (unpaired) electrons. The quantitative estimate of drug-likeness (QED) is 0.455. The number of rotatable bonds is 7. The van der Waals surface area contributed by atoms with Crippen molar-refractivity contribution < 1.29 is 9.47 Å². The van der Waals surface area contributed by atoms with E-state index in [0.717, 1.165) is 61.1 Å². The molecule has 0 unspecified atom stereocenters. The summed E-state index contributed by atoms with van der Waals surface area (Å²) >= 11 is 0. The van der Waals surface area contributed by atoms with Crippen molar-refractivity contribution in [1.82, 2.24) is 24.8 Å². The van der Waals surface area contributed by atoms with E-state index in [0.29, 0.717) is 17.6 Å². The van der Waals surface area contributed by atoms with E-state index >= 15 is 0 Å². The third-order valence-corrected chi connectivity index (χ3v) is 5.63. The lowest BCUT2D eigenvalue weighted by molar-refractivity contribution is 0.0322. The Balaban J connectivity index is 1.22. The Morgan fingerprint density at radius 1 is 1.06 bits per heavy atom. The van der Waals surface area contributed by atoms with Crippen LogP contribution >= 0.6 is 0 Å². The average molecular weight is 444 g/mol. The van der Waals surface area contributed by atoms with E-state index in [1.54, 1.807) is 6.20 Å². The number of benzene rings is 1. The highest BCUT2D eigenvalue weighted by atomic mass is 16.5. The molecule has 8 nitrogen and oxygen atoms in total.